The highest BCUT2D eigenvalue weighted by atomic mass is 32.1. The van der Waals surface area contributed by atoms with Crippen LogP contribution in [0.15, 0.2) is 6.07 Å². The largest absolute Gasteiger partial charge is 0.345 e. The molecule has 0 aromatic heterocycles. The van der Waals surface area contributed by atoms with E-state index < -0.39 is 0 Å². The molecule has 0 aliphatic heterocycles. The first-order chi connectivity index (χ1) is 8.38. The second kappa shape index (κ2) is 6.28. The van der Waals surface area contributed by atoms with Crippen molar-refractivity contribution in [3.63, 3.8) is 0 Å². The number of rotatable bonds is 4. The van der Waals surface area contributed by atoms with Gasteiger partial charge in [0.05, 0.1) is 5.75 Å². The molecule has 0 heterocycles. The van der Waals surface area contributed by atoms with Crippen molar-refractivity contribution in [3.05, 3.63) is 33.9 Å². The van der Waals surface area contributed by atoms with Crippen LogP contribution >= 0.6 is 12.6 Å². The standard InChI is InChI=1S/C15H23NOS/c1-10-8-11(2)13(4)14(12(10)3)6-7-16(5)15(17)9-18/h8,18H,6-7,9H2,1-5H3. The third kappa shape index (κ3) is 3.29. The second-order valence-corrected chi connectivity index (χ2v) is 5.28. The van der Waals surface area contributed by atoms with E-state index in [4.69, 9.17) is 0 Å². The maximum absolute atomic E-state index is 11.5. The number of likely N-dealkylation sites (N-methyl/N-ethyl adjacent to an activating group) is 1. The summed E-state index contributed by atoms with van der Waals surface area (Å²) in [6.07, 6.45) is 0.913. The molecule has 0 saturated carbocycles. The molecule has 1 aromatic carbocycles. The minimum Gasteiger partial charge on any atom is -0.345 e. The topological polar surface area (TPSA) is 20.3 Å². The van der Waals surface area contributed by atoms with Gasteiger partial charge in [0, 0.05) is 13.6 Å². The van der Waals surface area contributed by atoms with Crippen LogP contribution in [0.4, 0.5) is 0 Å². The number of nitrogens with zero attached hydrogens (tertiary/aromatic N) is 1. The van der Waals surface area contributed by atoms with Crippen molar-refractivity contribution in [1.82, 2.24) is 4.90 Å². The maximum atomic E-state index is 11.5. The maximum Gasteiger partial charge on any atom is 0.232 e. The van der Waals surface area contributed by atoms with Crippen LogP contribution in [0.5, 0.6) is 0 Å². The van der Waals surface area contributed by atoms with Crippen molar-refractivity contribution in [2.24, 2.45) is 0 Å². The van der Waals surface area contributed by atoms with Crippen LogP contribution in [-0.4, -0.2) is 30.2 Å². The third-order valence-corrected chi connectivity index (χ3v) is 4.05. The number of hydrogen-bond donors (Lipinski definition) is 1. The molecule has 0 N–H and O–H groups in total. The van der Waals surface area contributed by atoms with Gasteiger partial charge in [0.15, 0.2) is 0 Å². The molecule has 0 fully saturated rings. The molecule has 2 nitrogen and oxygen atoms in total. The van der Waals surface area contributed by atoms with Crippen LogP contribution in [0.2, 0.25) is 0 Å². The normalized spacial score (nSPS) is 10.6. The average Bonchev–Trinajstić information content (AvgIpc) is 2.35. The number of carbonyl (C=O) groups is 1. The zero-order chi connectivity index (χ0) is 13.9. The quantitative estimate of drug-likeness (QED) is 0.830. The smallest absolute Gasteiger partial charge is 0.232 e. The van der Waals surface area contributed by atoms with Gasteiger partial charge >= 0.3 is 0 Å². The summed E-state index contributed by atoms with van der Waals surface area (Å²) >= 11 is 4.02. The Hall–Kier alpha value is -0.960. The Morgan fingerprint density at radius 2 is 1.67 bits per heavy atom. The Bertz CT molecular complexity index is 428. The molecule has 0 bridgehead atoms. The first-order valence-electron chi connectivity index (χ1n) is 6.29. The summed E-state index contributed by atoms with van der Waals surface area (Å²) in [5.74, 6) is 0.361. The summed E-state index contributed by atoms with van der Waals surface area (Å²) in [7, 11) is 1.84. The fourth-order valence-electron chi connectivity index (χ4n) is 2.20. The van der Waals surface area contributed by atoms with Crippen LogP contribution in [0, 0.1) is 27.7 Å². The number of benzene rings is 1. The van der Waals surface area contributed by atoms with E-state index in [1.54, 1.807) is 4.90 Å². The highest BCUT2D eigenvalue weighted by Crippen LogP contribution is 2.22. The molecule has 100 valence electrons. The summed E-state index contributed by atoms with van der Waals surface area (Å²) in [4.78, 5) is 13.2. The summed E-state index contributed by atoms with van der Waals surface area (Å²) in [6.45, 7) is 9.38. The molecule has 0 radical (unpaired) electrons. The van der Waals surface area contributed by atoms with Gasteiger partial charge in [-0.05, 0) is 61.9 Å². The summed E-state index contributed by atoms with van der Waals surface area (Å²) < 4.78 is 0. The fraction of sp³-hybridized carbons (Fsp3) is 0.533. The van der Waals surface area contributed by atoms with Gasteiger partial charge in [-0.3, -0.25) is 4.79 Å². The Morgan fingerprint density at radius 3 is 2.11 bits per heavy atom. The minimum absolute atomic E-state index is 0.0815. The predicted molar refractivity (Wildman–Crippen MR) is 80.6 cm³/mol. The summed E-state index contributed by atoms with van der Waals surface area (Å²) in [5, 5.41) is 0. The van der Waals surface area contributed by atoms with Gasteiger partial charge < -0.3 is 4.90 Å². The molecule has 0 atom stereocenters. The van der Waals surface area contributed by atoms with Crippen molar-refractivity contribution in [2.45, 2.75) is 34.1 Å². The molecule has 0 aliphatic rings. The van der Waals surface area contributed by atoms with Gasteiger partial charge in [-0.1, -0.05) is 6.07 Å². The summed E-state index contributed by atoms with van der Waals surface area (Å²) in [5.41, 5.74) is 6.74. The van der Waals surface area contributed by atoms with E-state index >= 15 is 0 Å². The highest BCUT2D eigenvalue weighted by molar-refractivity contribution is 7.81. The van der Waals surface area contributed by atoms with Crippen molar-refractivity contribution in [3.8, 4) is 0 Å². The van der Waals surface area contributed by atoms with Crippen LogP contribution in [0.25, 0.3) is 0 Å². The van der Waals surface area contributed by atoms with E-state index in [1.165, 1.54) is 27.8 Å². The van der Waals surface area contributed by atoms with E-state index in [0.717, 1.165) is 13.0 Å². The van der Waals surface area contributed by atoms with Crippen LogP contribution < -0.4 is 0 Å². The van der Waals surface area contributed by atoms with E-state index in [1.807, 2.05) is 7.05 Å². The monoisotopic (exact) mass is 265 g/mol. The molecule has 0 unspecified atom stereocenters. The lowest BCUT2D eigenvalue weighted by Crippen LogP contribution is -2.30. The molecular formula is C15H23NOS. The Labute approximate surface area is 116 Å². The van der Waals surface area contributed by atoms with Crippen LogP contribution in [0.1, 0.15) is 27.8 Å². The van der Waals surface area contributed by atoms with E-state index in [-0.39, 0.29) is 11.7 Å². The molecule has 0 aliphatic carbocycles. The minimum atomic E-state index is 0.0815. The third-order valence-electron chi connectivity index (χ3n) is 3.78. The molecular weight excluding hydrogens is 242 g/mol. The number of thiol groups is 1. The van der Waals surface area contributed by atoms with Gasteiger partial charge in [-0.2, -0.15) is 12.6 Å². The van der Waals surface area contributed by atoms with Crippen molar-refractivity contribution in [2.75, 3.05) is 19.3 Å². The molecule has 0 saturated heterocycles. The summed E-state index contributed by atoms with van der Waals surface area (Å²) in [6, 6.07) is 2.23. The zero-order valence-corrected chi connectivity index (χ0v) is 12.9. The first kappa shape index (κ1) is 15.1. The average molecular weight is 265 g/mol. The van der Waals surface area contributed by atoms with Crippen molar-refractivity contribution >= 4 is 18.5 Å². The number of amides is 1. The first-order valence-corrected chi connectivity index (χ1v) is 6.92. The zero-order valence-electron chi connectivity index (χ0n) is 12.0. The van der Waals surface area contributed by atoms with E-state index in [9.17, 15) is 4.79 Å². The number of hydrogen-bond acceptors (Lipinski definition) is 2. The number of aryl methyl sites for hydroxylation is 2. The van der Waals surface area contributed by atoms with Crippen molar-refractivity contribution < 1.29 is 4.79 Å². The molecule has 18 heavy (non-hydrogen) atoms. The van der Waals surface area contributed by atoms with Crippen molar-refractivity contribution in [1.29, 1.82) is 0 Å². The Morgan fingerprint density at radius 1 is 1.17 bits per heavy atom. The van der Waals surface area contributed by atoms with Crippen LogP contribution in [-0.2, 0) is 11.2 Å². The van der Waals surface area contributed by atoms with E-state index in [2.05, 4.69) is 46.4 Å². The lowest BCUT2D eigenvalue weighted by molar-refractivity contribution is -0.127. The predicted octanol–water partition coefficient (Wildman–Crippen LogP) is 2.85. The SMILES string of the molecule is Cc1cc(C)c(C)c(CCN(C)C(=O)CS)c1C. The molecule has 0 spiro atoms. The van der Waals surface area contributed by atoms with Gasteiger partial charge in [0.1, 0.15) is 0 Å². The molecule has 1 amide bonds. The van der Waals surface area contributed by atoms with E-state index in [0.29, 0.717) is 0 Å². The molecule has 3 heteroatoms. The molecule has 1 aromatic rings. The highest BCUT2D eigenvalue weighted by Gasteiger charge is 2.11. The lowest BCUT2D eigenvalue weighted by Gasteiger charge is -2.20. The molecule has 1 rings (SSSR count). The van der Waals surface area contributed by atoms with Gasteiger partial charge in [0.25, 0.3) is 0 Å². The lowest BCUT2D eigenvalue weighted by atomic mass is 9.92. The Balaban J connectivity index is 2.88. The van der Waals surface area contributed by atoms with Crippen LogP contribution in [0.3, 0.4) is 0 Å². The number of carbonyl (C=O) groups excluding carboxylic acids is 1. The van der Waals surface area contributed by atoms with Gasteiger partial charge in [-0.15, -0.1) is 0 Å². The fourth-order valence-corrected chi connectivity index (χ4v) is 2.44. The Kier molecular flexibility index (Phi) is 5.27. The van der Waals surface area contributed by atoms with Gasteiger partial charge in [0.2, 0.25) is 5.91 Å². The van der Waals surface area contributed by atoms with Gasteiger partial charge in [-0.25, -0.2) is 0 Å². The second-order valence-electron chi connectivity index (χ2n) is 4.96.